The molecule has 4 atom stereocenters. The summed E-state index contributed by atoms with van der Waals surface area (Å²) in [5.41, 5.74) is -0.0823. The summed E-state index contributed by atoms with van der Waals surface area (Å²) in [6, 6.07) is 17.6. The Morgan fingerprint density at radius 1 is 0.930 bits per heavy atom. The lowest BCUT2D eigenvalue weighted by atomic mass is 9.71. The molecule has 1 N–H and O–H groups in total. The maximum Gasteiger partial charge on any atom is 0.330 e. The van der Waals surface area contributed by atoms with E-state index in [1.807, 2.05) is 0 Å². The molecule has 2 fully saturated rings. The molecule has 0 bridgehead atoms. The van der Waals surface area contributed by atoms with Crippen LogP contribution in [0.5, 0.6) is 23.0 Å². The minimum Gasteiger partial charge on any atom is -0.493 e. The van der Waals surface area contributed by atoms with E-state index in [-0.39, 0.29) is 24.4 Å². The summed E-state index contributed by atoms with van der Waals surface area (Å²) in [6.07, 6.45) is 1.29. The maximum absolute atomic E-state index is 14.7. The van der Waals surface area contributed by atoms with Crippen LogP contribution < -0.4 is 18.9 Å². The fourth-order valence-corrected chi connectivity index (χ4v) is 6.49. The number of rotatable bonds is 8. The van der Waals surface area contributed by atoms with Gasteiger partial charge in [0.2, 0.25) is 12.7 Å². The Morgan fingerprint density at radius 2 is 1.60 bits per heavy atom. The molecule has 4 unspecified atom stereocenters. The van der Waals surface area contributed by atoms with E-state index >= 15 is 0 Å². The van der Waals surface area contributed by atoms with E-state index in [1.165, 1.54) is 26.0 Å². The van der Waals surface area contributed by atoms with Crippen LogP contribution in [0.25, 0.3) is 0 Å². The van der Waals surface area contributed by atoms with Gasteiger partial charge in [-0.25, -0.2) is 4.79 Å². The smallest absolute Gasteiger partial charge is 0.330 e. The first-order chi connectivity index (χ1) is 20.7. The van der Waals surface area contributed by atoms with Crippen molar-refractivity contribution in [2.45, 2.75) is 37.3 Å². The predicted octanol–water partition coefficient (Wildman–Crippen LogP) is 4.72. The third-order valence-corrected chi connectivity index (χ3v) is 8.79. The second kappa shape index (κ2) is 10.7. The summed E-state index contributed by atoms with van der Waals surface area (Å²) in [5, 5.41) is 20.3. The standard InChI is InChI=1S/C33H30N2O8/c1-33(32(38)39)28(21-10-12-23(40-2)25(14-21)41-3)27(30(36)19-6-4-18(16-34)5-7-19)29(35(33)31(37)20-8-9-20)22-11-13-24-26(15-22)43-17-42-24/h4-7,10-15,20,27-29H,8-9,17H2,1-3H3,(H,38,39). The van der Waals surface area contributed by atoms with Crippen molar-refractivity contribution >= 4 is 17.7 Å². The second-order valence-electron chi connectivity index (χ2n) is 11.2. The predicted molar refractivity (Wildman–Crippen MR) is 152 cm³/mol. The lowest BCUT2D eigenvalue weighted by Gasteiger charge is -2.38. The molecule has 3 aliphatic rings. The number of carboxylic acid groups (broad SMARTS) is 1. The average molecular weight is 583 g/mol. The van der Waals surface area contributed by atoms with Gasteiger partial charge in [-0.1, -0.05) is 24.3 Å². The van der Waals surface area contributed by atoms with Crippen LogP contribution in [0.1, 0.15) is 58.8 Å². The van der Waals surface area contributed by atoms with E-state index in [0.717, 1.165) is 0 Å². The zero-order valence-electron chi connectivity index (χ0n) is 23.9. The van der Waals surface area contributed by atoms with E-state index in [9.17, 15) is 24.8 Å². The third-order valence-electron chi connectivity index (χ3n) is 8.79. The first-order valence-corrected chi connectivity index (χ1v) is 13.9. The summed E-state index contributed by atoms with van der Waals surface area (Å²) in [4.78, 5) is 43.7. The number of fused-ring (bicyclic) bond motifs is 1. The highest BCUT2D eigenvalue weighted by molar-refractivity contribution is 6.02. The Kier molecular flexibility index (Phi) is 6.97. The molecule has 0 spiro atoms. The number of amides is 1. The lowest BCUT2D eigenvalue weighted by Crippen LogP contribution is -2.54. The van der Waals surface area contributed by atoms with Gasteiger partial charge in [0.15, 0.2) is 28.8 Å². The molecule has 1 saturated heterocycles. The highest BCUT2D eigenvalue weighted by Crippen LogP contribution is 2.59. The average Bonchev–Trinajstić information content (AvgIpc) is 3.71. The Morgan fingerprint density at radius 3 is 2.23 bits per heavy atom. The quantitative estimate of drug-likeness (QED) is 0.374. The van der Waals surface area contributed by atoms with E-state index in [2.05, 4.69) is 6.07 Å². The second-order valence-corrected chi connectivity index (χ2v) is 11.2. The van der Waals surface area contributed by atoms with Crippen molar-refractivity contribution in [3.8, 4) is 29.1 Å². The van der Waals surface area contributed by atoms with Crippen molar-refractivity contribution in [2.75, 3.05) is 21.0 Å². The number of hydrogen-bond donors (Lipinski definition) is 1. The number of likely N-dealkylation sites (tertiary alicyclic amines) is 1. The fourth-order valence-electron chi connectivity index (χ4n) is 6.49. The molecule has 10 heteroatoms. The number of carbonyl (C=O) groups excluding carboxylic acids is 2. The fraction of sp³-hybridized carbons (Fsp3) is 0.333. The number of ketones is 1. The topological polar surface area (TPSA) is 135 Å². The van der Waals surface area contributed by atoms with Crippen LogP contribution in [-0.4, -0.2) is 54.2 Å². The van der Waals surface area contributed by atoms with Crippen molar-refractivity contribution in [3.05, 3.63) is 82.9 Å². The summed E-state index contributed by atoms with van der Waals surface area (Å²) in [6.45, 7) is 1.55. The van der Waals surface area contributed by atoms with Gasteiger partial charge in [-0.15, -0.1) is 0 Å². The number of carbonyl (C=O) groups is 3. The first kappa shape index (κ1) is 28.1. The van der Waals surface area contributed by atoms with Crippen molar-refractivity contribution in [2.24, 2.45) is 11.8 Å². The number of hydrogen-bond acceptors (Lipinski definition) is 8. The van der Waals surface area contributed by atoms with Gasteiger partial charge < -0.3 is 29.0 Å². The van der Waals surface area contributed by atoms with Gasteiger partial charge in [-0.3, -0.25) is 9.59 Å². The molecule has 3 aromatic rings. The number of methoxy groups -OCH3 is 2. The number of ether oxygens (including phenoxy) is 4. The van der Waals surface area contributed by atoms with Crippen LogP contribution in [0.15, 0.2) is 60.7 Å². The Labute approximate surface area is 248 Å². The van der Waals surface area contributed by atoms with Gasteiger partial charge in [0.05, 0.1) is 37.8 Å². The minimum atomic E-state index is -1.83. The number of nitrogens with zero attached hydrogens (tertiary/aromatic N) is 2. The Balaban J connectivity index is 1.62. The van der Waals surface area contributed by atoms with Crippen molar-refractivity contribution < 1.29 is 38.4 Å². The SMILES string of the molecule is COc1ccc(C2C(C(=O)c3ccc(C#N)cc3)C(c3ccc4c(c3)OCO4)N(C(=O)C3CC3)C2(C)C(=O)O)cc1OC. The molecule has 0 aromatic heterocycles. The summed E-state index contributed by atoms with van der Waals surface area (Å²) in [5.74, 6) is -2.48. The summed E-state index contributed by atoms with van der Waals surface area (Å²) in [7, 11) is 2.97. The lowest BCUT2D eigenvalue weighted by molar-refractivity contribution is -0.158. The molecule has 0 radical (unpaired) electrons. The molecular formula is C33H30N2O8. The van der Waals surface area contributed by atoms with E-state index in [1.54, 1.807) is 60.7 Å². The Bertz CT molecular complexity index is 1660. The summed E-state index contributed by atoms with van der Waals surface area (Å²) < 4.78 is 22.1. The number of aliphatic carboxylic acids is 1. The molecule has 2 aliphatic heterocycles. The van der Waals surface area contributed by atoms with Crippen LogP contribution in [0.2, 0.25) is 0 Å². The van der Waals surface area contributed by atoms with Crippen molar-refractivity contribution in [1.82, 2.24) is 4.90 Å². The van der Waals surface area contributed by atoms with Gasteiger partial charge in [0.25, 0.3) is 0 Å². The molecule has 43 heavy (non-hydrogen) atoms. The van der Waals surface area contributed by atoms with Gasteiger partial charge >= 0.3 is 5.97 Å². The first-order valence-electron chi connectivity index (χ1n) is 13.9. The van der Waals surface area contributed by atoms with Crippen LogP contribution in [0.3, 0.4) is 0 Å². The van der Waals surface area contributed by atoms with Crippen LogP contribution >= 0.6 is 0 Å². The highest BCUT2D eigenvalue weighted by Gasteiger charge is 2.66. The molecule has 1 saturated carbocycles. The van der Waals surface area contributed by atoms with Crippen LogP contribution in [-0.2, 0) is 9.59 Å². The number of carboxylic acids is 1. The van der Waals surface area contributed by atoms with Gasteiger partial charge in [0, 0.05) is 17.4 Å². The molecule has 3 aromatic carbocycles. The highest BCUT2D eigenvalue weighted by atomic mass is 16.7. The summed E-state index contributed by atoms with van der Waals surface area (Å²) >= 11 is 0. The van der Waals surface area contributed by atoms with E-state index in [0.29, 0.717) is 58.1 Å². The zero-order chi connectivity index (χ0) is 30.5. The molecule has 2 heterocycles. The van der Waals surface area contributed by atoms with Crippen molar-refractivity contribution in [1.29, 1.82) is 5.26 Å². The van der Waals surface area contributed by atoms with Gasteiger partial charge in [-0.2, -0.15) is 5.26 Å². The normalized spacial score (nSPS) is 23.9. The molecule has 1 amide bonds. The van der Waals surface area contributed by atoms with Crippen LogP contribution in [0, 0.1) is 23.2 Å². The number of Topliss-reactive ketones (excluding diaryl/α,β-unsaturated/α-hetero) is 1. The molecule has 10 nitrogen and oxygen atoms in total. The Hall–Kier alpha value is -5.04. The number of benzene rings is 3. The third kappa shape index (κ3) is 4.52. The monoisotopic (exact) mass is 582 g/mol. The minimum absolute atomic E-state index is 0.0306. The molecule has 1 aliphatic carbocycles. The number of nitriles is 1. The molecule has 6 rings (SSSR count). The van der Waals surface area contributed by atoms with E-state index in [4.69, 9.17) is 18.9 Å². The van der Waals surface area contributed by atoms with E-state index < -0.39 is 29.4 Å². The molecule has 220 valence electrons. The van der Waals surface area contributed by atoms with Gasteiger partial charge in [0.1, 0.15) is 5.54 Å². The molecular weight excluding hydrogens is 552 g/mol. The maximum atomic E-state index is 14.7. The zero-order valence-corrected chi connectivity index (χ0v) is 23.9. The van der Waals surface area contributed by atoms with Crippen LogP contribution in [0.4, 0.5) is 0 Å². The van der Waals surface area contributed by atoms with Crippen molar-refractivity contribution in [3.63, 3.8) is 0 Å². The van der Waals surface area contributed by atoms with Gasteiger partial charge in [-0.05, 0) is 67.3 Å². The largest absolute Gasteiger partial charge is 0.493 e.